The van der Waals surface area contributed by atoms with Crippen LogP contribution in [-0.2, 0) is 9.84 Å². The number of sulfone groups is 1. The van der Waals surface area contributed by atoms with Crippen molar-refractivity contribution in [2.24, 2.45) is 16.8 Å². The van der Waals surface area contributed by atoms with Crippen LogP contribution in [0.2, 0.25) is 0 Å². The molecule has 1 aliphatic carbocycles. The number of rotatable bonds is 3. The third kappa shape index (κ3) is 5.22. The van der Waals surface area contributed by atoms with E-state index in [1.54, 1.807) is 7.05 Å². The molecule has 2 fully saturated rings. The highest BCUT2D eigenvalue weighted by atomic mass is 127. The molecular formula is C17H34IN3O2S. The number of hydrogen-bond acceptors (Lipinski definition) is 3. The van der Waals surface area contributed by atoms with E-state index in [4.69, 9.17) is 0 Å². The van der Waals surface area contributed by atoms with Crippen molar-refractivity contribution in [2.75, 3.05) is 32.4 Å². The summed E-state index contributed by atoms with van der Waals surface area (Å²) in [5.74, 6) is 2.69. The smallest absolute Gasteiger partial charge is 0.193 e. The average molecular weight is 471 g/mol. The van der Waals surface area contributed by atoms with Crippen LogP contribution in [0.4, 0.5) is 0 Å². The predicted octanol–water partition coefficient (Wildman–Crippen LogP) is 2.91. The zero-order valence-corrected chi connectivity index (χ0v) is 18.7. The molecule has 0 aromatic carbocycles. The Kier molecular flexibility index (Phi) is 8.29. The van der Waals surface area contributed by atoms with Crippen LogP contribution in [0.15, 0.2) is 4.99 Å². The molecule has 0 amide bonds. The van der Waals surface area contributed by atoms with Gasteiger partial charge in [-0.1, -0.05) is 32.6 Å². The lowest BCUT2D eigenvalue weighted by Crippen LogP contribution is -2.57. The Labute approximate surface area is 165 Å². The molecule has 0 aromatic rings. The molecule has 142 valence electrons. The molecule has 2 aliphatic rings. The molecule has 1 N–H and O–H groups in total. The first-order valence-electron chi connectivity index (χ1n) is 8.95. The molecule has 0 spiro atoms. The third-order valence-electron chi connectivity index (χ3n) is 5.64. The SMILES string of the molecule is CN=C(NCCC1CCCCC1C)N1CCS(=O)(=O)C(C)(C)C1.I. The number of nitrogens with one attached hydrogen (secondary N) is 1. The average Bonchev–Trinajstić information content (AvgIpc) is 2.48. The van der Waals surface area contributed by atoms with Crippen LogP contribution < -0.4 is 5.32 Å². The summed E-state index contributed by atoms with van der Waals surface area (Å²) in [6.45, 7) is 7.96. The van der Waals surface area contributed by atoms with Gasteiger partial charge in [0.25, 0.3) is 0 Å². The van der Waals surface area contributed by atoms with Gasteiger partial charge in [-0.25, -0.2) is 8.42 Å². The zero-order valence-electron chi connectivity index (χ0n) is 15.5. The Hall–Kier alpha value is -0.0500. The monoisotopic (exact) mass is 471 g/mol. The van der Waals surface area contributed by atoms with Crippen LogP contribution in [0.3, 0.4) is 0 Å². The molecular weight excluding hydrogens is 437 g/mol. The Bertz CT molecular complexity index is 534. The number of halogens is 1. The molecule has 1 saturated carbocycles. The number of guanidine groups is 1. The van der Waals surface area contributed by atoms with Crippen LogP contribution in [0.1, 0.15) is 52.9 Å². The Morgan fingerprint density at radius 1 is 1.29 bits per heavy atom. The van der Waals surface area contributed by atoms with E-state index in [2.05, 4.69) is 22.1 Å². The van der Waals surface area contributed by atoms with E-state index < -0.39 is 14.6 Å². The van der Waals surface area contributed by atoms with E-state index in [0.29, 0.717) is 13.1 Å². The molecule has 24 heavy (non-hydrogen) atoms. The van der Waals surface area contributed by atoms with Crippen LogP contribution in [0, 0.1) is 11.8 Å². The molecule has 7 heteroatoms. The van der Waals surface area contributed by atoms with Crippen LogP contribution in [0.5, 0.6) is 0 Å². The minimum atomic E-state index is -3.01. The first-order chi connectivity index (χ1) is 10.8. The summed E-state index contributed by atoms with van der Waals surface area (Å²) in [5.41, 5.74) is 0. The highest BCUT2D eigenvalue weighted by molar-refractivity contribution is 14.0. The second-order valence-electron chi connectivity index (χ2n) is 7.78. The van der Waals surface area contributed by atoms with Crippen molar-refractivity contribution in [1.82, 2.24) is 10.2 Å². The predicted molar refractivity (Wildman–Crippen MR) is 112 cm³/mol. The minimum Gasteiger partial charge on any atom is -0.356 e. The zero-order chi connectivity index (χ0) is 17.1. The third-order valence-corrected chi connectivity index (χ3v) is 8.18. The molecule has 0 radical (unpaired) electrons. The van der Waals surface area contributed by atoms with Gasteiger partial charge in [0, 0.05) is 26.7 Å². The lowest BCUT2D eigenvalue weighted by molar-refractivity contribution is 0.242. The summed E-state index contributed by atoms with van der Waals surface area (Å²) in [7, 11) is -1.23. The fourth-order valence-electron chi connectivity index (χ4n) is 3.85. The normalized spacial score (nSPS) is 29.7. The second kappa shape index (κ2) is 9.05. The molecule has 1 saturated heterocycles. The van der Waals surface area contributed by atoms with Crippen molar-refractivity contribution in [2.45, 2.75) is 57.6 Å². The van der Waals surface area contributed by atoms with Gasteiger partial charge in [0.2, 0.25) is 0 Å². The maximum absolute atomic E-state index is 12.1. The van der Waals surface area contributed by atoms with Crippen molar-refractivity contribution in [3.63, 3.8) is 0 Å². The van der Waals surface area contributed by atoms with Crippen molar-refractivity contribution in [3.05, 3.63) is 0 Å². The minimum absolute atomic E-state index is 0. The quantitative estimate of drug-likeness (QED) is 0.391. The molecule has 0 aromatic heterocycles. The van der Waals surface area contributed by atoms with Crippen molar-refractivity contribution in [3.8, 4) is 0 Å². The van der Waals surface area contributed by atoms with Crippen LogP contribution in [-0.4, -0.2) is 56.5 Å². The van der Waals surface area contributed by atoms with E-state index in [9.17, 15) is 8.42 Å². The van der Waals surface area contributed by atoms with Gasteiger partial charge in [0.05, 0.1) is 10.5 Å². The molecule has 0 bridgehead atoms. The van der Waals surface area contributed by atoms with Crippen molar-refractivity contribution < 1.29 is 8.42 Å². The van der Waals surface area contributed by atoms with Gasteiger partial charge in [-0.15, -0.1) is 24.0 Å². The van der Waals surface area contributed by atoms with Gasteiger partial charge in [-0.2, -0.15) is 0 Å². The van der Waals surface area contributed by atoms with E-state index in [0.717, 1.165) is 24.3 Å². The summed E-state index contributed by atoms with van der Waals surface area (Å²) in [6.07, 6.45) is 6.62. The van der Waals surface area contributed by atoms with Crippen molar-refractivity contribution >= 4 is 39.8 Å². The first-order valence-corrected chi connectivity index (χ1v) is 10.6. The highest BCUT2D eigenvalue weighted by Gasteiger charge is 2.40. The maximum atomic E-state index is 12.1. The van der Waals surface area contributed by atoms with E-state index >= 15 is 0 Å². The Morgan fingerprint density at radius 3 is 2.54 bits per heavy atom. The second-order valence-corrected chi connectivity index (χ2v) is 10.5. The largest absolute Gasteiger partial charge is 0.356 e. The fraction of sp³-hybridized carbons (Fsp3) is 0.941. The van der Waals surface area contributed by atoms with Gasteiger partial charge in [0.1, 0.15) is 0 Å². The standard InChI is InChI=1S/C17H33N3O2S.HI/c1-14-7-5-6-8-15(14)9-10-19-16(18-4)20-11-12-23(21,22)17(2,3)13-20;/h14-15H,5-13H2,1-4H3,(H,18,19);1H. The summed E-state index contributed by atoms with van der Waals surface area (Å²) in [6, 6.07) is 0. The van der Waals surface area contributed by atoms with Gasteiger partial charge in [0.15, 0.2) is 15.8 Å². The Morgan fingerprint density at radius 2 is 1.96 bits per heavy atom. The summed E-state index contributed by atoms with van der Waals surface area (Å²) in [5, 5.41) is 3.45. The van der Waals surface area contributed by atoms with E-state index in [1.807, 2.05) is 13.8 Å². The molecule has 2 atom stereocenters. The first kappa shape index (κ1) is 22.0. The van der Waals surface area contributed by atoms with Gasteiger partial charge < -0.3 is 10.2 Å². The maximum Gasteiger partial charge on any atom is 0.193 e. The van der Waals surface area contributed by atoms with Gasteiger partial charge >= 0.3 is 0 Å². The molecule has 2 rings (SSSR count). The fourth-order valence-corrected chi connectivity index (χ4v) is 5.21. The number of aliphatic imine (C=N–C) groups is 1. The topological polar surface area (TPSA) is 61.8 Å². The Balaban J connectivity index is 0.00000288. The molecule has 1 aliphatic heterocycles. The highest BCUT2D eigenvalue weighted by Crippen LogP contribution is 2.31. The summed E-state index contributed by atoms with van der Waals surface area (Å²) in [4.78, 5) is 6.45. The van der Waals surface area contributed by atoms with Crippen molar-refractivity contribution in [1.29, 1.82) is 0 Å². The summed E-state index contributed by atoms with van der Waals surface area (Å²) >= 11 is 0. The van der Waals surface area contributed by atoms with Gasteiger partial charge in [-0.05, 0) is 32.1 Å². The van der Waals surface area contributed by atoms with Crippen LogP contribution >= 0.6 is 24.0 Å². The number of hydrogen-bond donors (Lipinski definition) is 1. The summed E-state index contributed by atoms with van der Waals surface area (Å²) < 4.78 is 23.6. The molecule has 2 unspecified atom stereocenters. The van der Waals surface area contributed by atoms with E-state index in [-0.39, 0.29) is 29.7 Å². The molecule has 5 nitrogen and oxygen atoms in total. The molecule has 1 heterocycles. The van der Waals surface area contributed by atoms with Gasteiger partial charge in [-0.3, -0.25) is 4.99 Å². The number of nitrogens with zero attached hydrogens (tertiary/aromatic N) is 2. The lowest BCUT2D eigenvalue weighted by Gasteiger charge is -2.39. The van der Waals surface area contributed by atoms with Crippen LogP contribution in [0.25, 0.3) is 0 Å². The lowest BCUT2D eigenvalue weighted by atomic mass is 9.79. The van der Waals surface area contributed by atoms with E-state index in [1.165, 1.54) is 32.1 Å².